The van der Waals surface area contributed by atoms with Crippen molar-refractivity contribution in [3.05, 3.63) is 0 Å². The van der Waals surface area contributed by atoms with Crippen molar-refractivity contribution < 1.29 is 4.79 Å². The van der Waals surface area contributed by atoms with E-state index < -0.39 is 0 Å². The first-order valence-electron chi connectivity index (χ1n) is 4.55. The lowest BCUT2D eigenvalue weighted by molar-refractivity contribution is -0.124. The zero-order valence-electron chi connectivity index (χ0n) is 8.29. The number of carbonyl (C=O) groups is 1. The molecule has 1 saturated heterocycles. The van der Waals surface area contributed by atoms with Gasteiger partial charge < -0.3 is 0 Å². The maximum atomic E-state index is 11.5. The van der Waals surface area contributed by atoms with Gasteiger partial charge in [0.1, 0.15) is 0 Å². The van der Waals surface area contributed by atoms with Crippen LogP contribution in [0.3, 0.4) is 0 Å². The van der Waals surface area contributed by atoms with Gasteiger partial charge in [-0.15, -0.1) is 0 Å². The molecule has 1 heterocycles. The normalized spacial score (nSPS) is 31.4. The Morgan fingerprint density at radius 2 is 2.17 bits per heavy atom. The van der Waals surface area contributed by atoms with Crippen LogP contribution >= 0.6 is 0 Å². The lowest BCUT2D eigenvalue weighted by Gasteiger charge is -2.14. The smallest absolute Gasteiger partial charge is 0.153 e. The molecule has 3 heteroatoms. The highest BCUT2D eigenvalue weighted by molar-refractivity contribution is 5.85. The predicted octanol–water partition coefficient (Wildman–Crippen LogP) is 0.809. The fraction of sp³-hybridized carbons (Fsp3) is 0.889. The summed E-state index contributed by atoms with van der Waals surface area (Å²) in [5.41, 5.74) is 3.17. The van der Waals surface area contributed by atoms with E-state index in [1.54, 1.807) is 0 Å². The first-order valence-corrected chi connectivity index (χ1v) is 4.55. The fourth-order valence-corrected chi connectivity index (χ4v) is 1.51. The maximum absolute atomic E-state index is 11.5. The van der Waals surface area contributed by atoms with Gasteiger partial charge in [0.05, 0.1) is 6.04 Å². The van der Waals surface area contributed by atoms with Crippen LogP contribution in [0.15, 0.2) is 0 Å². The number of nitrogens with one attached hydrogen (secondary N) is 1. The minimum atomic E-state index is 0.0463. The Morgan fingerprint density at radius 3 is 2.50 bits per heavy atom. The number of nitrogens with zero attached hydrogens (tertiary/aromatic N) is 1. The van der Waals surface area contributed by atoms with E-state index in [0.29, 0.717) is 11.8 Å². The van der Waals surface area contributed by atoms with Crippen molar-refractivity contribution in [2.75, 3.05) is 7.05 Å². The molecular weight excluding hydrogens is 152 g/mol. The van der Waals surface area contributed by atoms with Crippen molar-refractivity contribution >= 4 is 5.78 Å². The Hall–Kier alpha value is -0.410. The van der Waals surface area contributed by atoms with E-state index in [-0.39, 0.29) is 12.0 Å². The summed E-state index contributed by atoms with van der Waals surface area (Å²) < 4.78 is 0. The molecule has 1 aliphatic rings. The zero-order chi connectivity index (χ0) is 9.30. The second kappa shape index (κ2) is 3.54. The maximum Gasteiger partial charge on any atom is 0.153 e. The van der Waals surface area contributed by atoms with Crippen LogP contribution in [-0.2, 0) is 4.79 Å². The molecule has 0 aliphatic carbocycles. The third-order valence-corrected chi connectivity index (χ3v) is 2.51. The van der Waals surface area contributed by atoms with E-state index in [2.05, 4.69) is 12.3 Å². The van der Waals surface area contributed by atoms with Crippen LogP contribution in [0.25, 0.3) is 0 Å². The Morgan fingerprint density at radius 1 is 1.58 bits per heavy atom. The van der Waals surface area contributed by atoms with Gasteiger partial charge >= 0.3 is 0 Å². The predicted molar refractivity (Wildman–Crippen MR) is 48.6 cm³/mol. The van der Waals surface area contributed by atoms with E-state index in [1.807, 2.05) is 25.9 Å². The SMILES string of the molecule is CC(C)C(=O)C1CC(C)N(C)N1. The average Bonchev–Trinajstić information content (AvgIpc) is 2.30. The largest absolute Gasteiger partial charge is 0.298 e. The van der Waals surface area contributed by atoms with Crippen LogP contribution in [0, 0.1) is 5.92 Å². The first-order chi connectivity index (χ1) is 5.52. The van der Waals surface area contributed by atoms with Gasteiger partial charge in [-0.25, -0.2) is 10.4 Å². The van der Waals surface area contributed by atoms with E-state index in [0.717, 1.165) is 6.42 Å². The summed E-state index contributed by atoms with van der Waals surface area (Å²) in [6.07, 6.45) is 0.938. The molecular formula is C9H18N2O. The highest BCUT2D eigenvalue weighted by atomic mass is 16.1. The minimum Gasteiger partial charge on any atom is -0.298 e. The number of Topliss-reactive ketones (excluding diaryl/α,β-unsaturated/α-hetero) is 1. The molecule has 0 spiro atoms. The van der Waals surface area contributed by atoms with E-state index in [9.17, 15) is 4.79 Å². The van der Waals surface area contributed by atoms with E-state index in [1.165, 1.54) is 0 Å². The van der Waals surface area contributed by atoms with Crippen LogP contribution in [0.1, 0.15) is 27.2 Å². The molecule has 1 fully saturated rings. The van der Waals surface area contributed by atoms with Gasteiger partial charge in [-0.2, -0.15) is 0 Å². The minimum absolute atomic E-state index is 0.0463. The van der Waals surface area contributed by atoms with Gasteiger partial charge in [0.25, 0.3) is 0 Å². The number of rotatable bonds is 2. The number of hydrazine groups is 1. The summed E-state index contributed by atoms with van der Waals surface area (Å²) in [6.45, 7) is 6.03. The summed E-state index contributed by atoms with van der Waals surface area (Å²) in [5.74, 6) is 0.465. The Bertz CT molecular complexity index is 169. The first kappa shape index (κ1) is 9.68. The summed E-state index contributed by atoms with van der Waals surface area (Å²) in [6, 6.07) is 0.516. The van der Waals surface area contributed by atoms with Gasteiger partial charge in [0, 0.05) is 19.0 Å². The van der Waals surface area contributed by atoms with E-state index >= 15 is 0 Å². The molecule has 0 aromatic rings. The van der Waals surface area contributed by atoms with Gasteiger partial charge in [-0.05, 0) is 13.3 Å². The van der Waals surface area contributed by atoms with Crippen LogP contribution in [-0.4, -0.2) is 29.9 Å². The van der Waals surface area contributed by atoms with Crippen LogP contribution < -0.4 is 5.43 Å². The Labute approximate surface area is 74.1 Å². The Kier molecular flexibility index (Phi) is 2.85. The third-order valence-electron chi connectivity index (χ3n) is 2.51. The van der Waals surface area contributed by atoms with Gasteiger partial charge in [-0.3, -0.25) is 4.79 Å². The molecule has 1 rings (SSSR count). The molecule has 0 bridgehead atoms. The third kappa shape index (κ3) is 1.84. The highest BCUT2D eigenvalue weighted by Gasteiger charge is 2.31. The average molecular weight is 170 g/mol. The molecule has 0 aromatic carbocycles. The van der Waals surface area contributed by atoms with Gasteiger partial charge in [-0.1, -0.05) is 13.8 Å². The monoisotopic (exact) mass is 170 g/mol. The van der Waals surface area contributed by atoms with Crippen LogP contribution in [0.4, 0.5) is 0 Å². The molecule has 3 nitrogen and oxygen atoms in total. The number of hydrogen-bond donors (Lipinski definition) is 1. The molecule has 0 aromatic heterocycles. The van der Waals surface area contributed by atoms with Crippen molar-refractivity contribution in [3.8, 4) is 0 Å². The second-order valence-corrected chi connectivity index (χ2v) is 3.93. The van der Waals surface area contributed by atoms with Crippen LogP contribution in [0.2, 0.25) is 0 Å². The standard InChI is InChI=1S/C9H18N2O/c1-6(2)9(12)8-5-7(3)11(4)10-8/h6-8,10H,5H2,1-4H3. The van der Waals surface area contributed by atoms with Crippen LogP contribution in [0.5, 0.6) is 0 Å². The summed E-state index contributed by atoms with van der Waals surface area (Å²) in [7, 11) is 1.98. The van der Waals surface area contributed by atoms with Crippen molar-refractivity contribution in [2.45, 2.75) is 39.3 Å². The topological polar surface area (TPSA) is 32.3 Å². The Balaban J connectivity index is 2.52. The molecule has 0 amide bonds. The molecule has 0 radical (unpaired) electrons. The lowest BCUT2D eigenvalue weighted by atomic mass is 9.99. The zero-order valence-corrected chi connectivity index (χ0v) is 8.29. The van der Waals surface area contributed by atoms with Crippen molar-refractivity contribution in [3.63, 3.8) is 0 Å². The van der Waals surface area contributed by atoms with E-state index in [4.69, 9.17) is 0 Å². The summed E-state index contributed by atoms with van der Waals surface area (Å²) in [5, 5.41) is 2.02. The summed E-state index contributed by atoms with van der Waals surface area (Å²) in [4.78, 5) is 11.5. The molecule has 0 saturated carbocycles. The number of ketones is 1. The number of carbonyl (C=O) groups excluding carboxylic acids is 1. The highest BCUT2D eigenvalue weighted by Crippen LogP contribution is 2.15. The molecule has 2 atom stereocenters. The second-order valence-electron chi connectivity index (χ2n) is 3.93. The quantitative estimate of drug-likeness (QED) is 0.665. The van der Waals surface area contributed by atoms with Crippen molar-refractivity contribution in [2.24, 2.45) is 5.92 Å². The summed E-state index contributed by atoms with van der Waals surface area (Å²) >= 11 is 0. The van der Waals surface area contributed by atoms with Gasteiger partial charge in [0.2, 0.25) is 0 Å². The molecule has 1 aliphatic heterocycles. The van der Waals surface area contributed by atoms with Gasteiger partial charge in [0.15, 0.2) is 5.78 Å². The number of hydrogen-bond acceptors (Lipinski definition) is 3. The fourth-order valence-electron chi connectivity index (χ4n) is 1.51. The van der Waals surface area contributed by atoms with Crippen molar-refractivity contribution in [1.82, 2.24) is 10.4 Å². The lowest BCUT2D eigenvalue weighted by Crippen LogP contribution is -2.40. The van der Waals surface area contributed by atoms with Crippen molar-refractivity contribution in [1.29, 1.82) is 0 Å². The molecule has 12 heavy (non-hydrogen) atoms. The molecule has 2 unspecified atom stereocenters. The molecule has 1 N–H and O–H groups in total. The molecule has 70 valence electrons.